The van der Waals surface area contributed by atoms with Crippen LogP contribution in [0.5, 0.6) is 5.75 Å². The molecule has 12 heteroatoms. The van der Waals surface area contributed by atoms with Gasteiger partial charge >= 0.3 is 17.9 Å². The number of nitro groups is 1. The van der Waals surface area contributed by atoms with Gasteiger partial charge in [-0.15, -0.1) is 0 Å². The van der Waals surface area contributed by atoms with Crippen LogP contribution in [-0.4, -0.2) is 65.3 Å². The van der Waals surface area contributed by atoms with Gasteiger partial charge in [0.1, 0.15) is 24.6 Å². The summed E-state index contributed by atoms with van der Waals surface area (Å²) in [5.74, 6) is -2.29. The first-order chi connectivity index (χ1) is 21.8. The molecule has 1 fully saturated rings. The van der Waals surface area contributed by atoms with Crippen LogP contribution in [0.2, 0.25) is 0 Å². The summed E-state index contributed by atoms with van der Waals surface area (Å²) in [6.07, 6.45) is -7.62. The number of non-ortho nitro benzene ring substituents is 1. The van der Waals surface area contributed by atoms with Crippen LogP contribution in [0, 0.1) is 10.1 Å². The van der Waals surface area contributed by atoms with Gasteiger partial charge in [0.15, 0.2) is 6.10 Å². The number of ether oxygens (including phenoxy) is 5. The molecule has 0 aromatic heterocycles. The van der Waals surface area contributed by atoms with E-state index in [0.29, 0.717) is 0 Å². The van der Waals surface area contributed by atoms with Crippen molar-refractivity contribution < 1.29 is 48.1 Å². The van der Waals surface area contributed by atoms with Crippen molar-refractivity contribution in [3.63, 3.8) is 0 Å². The summed E-state index contributed by atoms with van der Waals surface area (Å²) in [6.45, 7) is -0.492. The number of hydrogen-bond donors (Lipinski definition) is 1. The molecule has 1 saturated heterocycles. The highest BCUT2D eigenvalue weighted by atomic mass is 16.7. The van der Waals surface area contributed by atoms with Crippen molar-refractivity contribution in [1.29, 1.82) is 0 Å². The first-order valence-corrected chi connectivity index (χ1v) is 13.8. The van der Waals surface area contributed by atoms with Gasteiger partial charge in [0.05, 0.1) is 21.6 Å². The van der Waals surface area contributed by atoms with E-state index in [2.05, 4.69) is 0 Å². The predicted molar refractivity (Wildman–Crippen MR) is 156 cm³/mol. The molecule has 1 N–H and O–H groups in total. The van der Waals surface area contributed by atoms with E-state index in [1.165, 1.54) is 48.5 Å². The van der Waals surface area contributed by atoms with Crippen LogP contribution in [-0.2, 0) is 18.9 Å². The van der Waals surface area contributed by atoms with Crippen molar-refractivity contribution in [3.8, 4) is 5.75 Å². The predicted octanol–water partition coefficient (Wildman–Crippen LogP) is 4.37. The Balaban J connectivity index is 1.46. The maximum atomic E-state index is 13.2. The second kappa shape index (κ2) is 14.3. The number of hydrogen-bond acceptors (Lipinski definition) is 11. The fourth-order valence-electron chi connectivity index (χ4n) is 4.51. The maximum absolute atomic E-state index is 13.2. The highest BCUT2D eigenvalue weighted by Crippen LogP contribution is 2.31. The van der Waals surface area contributed by atoms with E-state index in [1.54, 1.807) is 66.7 Å². The van der Waals surface area contributed by atoms with Gasteiger partial charge < -0.3 is 28.8 Å². The van der Waals surface area contributed by atoms with Crippen LogP contribution in [0.1, 0.15) is 31.1 Å². The van der Waals surface area contributed by atoms with Gasteiger partial charge in [-0.1, -0.05) is 54.6 Å². The average Bonchev–Trinajstić information content (AvgIpc) is 3.08. The lowest BCUT2D eigenvalue weighted by Crippen LogP contribution is -2.62. The third-order valence-corrected chi connectivity index (χ3v) is 6.81. The Labute approximate surface area is 256 Å². The van der Waals surface area contributed by atoms with E-state index in [4.69, 9.17) is 23.7 Å². The molecular formula is C33H27NO11. The Morgan fingerprint density at radius 3 is 1.64 bits per heavy atom. The van der Waals surface area contributed by atoms with Gasteiger partial charge in [0, 0.05) is 12.1 Å². The lowest BCUT2D eigenvalue weighted by atomic mass is 9.98. The van der Waals surface area contributed by atoms with Gasteiger partial charge in [0.25, 0.3) is 5.69 Å². The largest absolute Gasteiger partial charge is 0.461 e. The molecular weight excluding hydrogens is 586 g/mol. The van der Waals surface area contributed by atoms with Crippen molar-refractivity contribution in [2.75, 3.05) is 6.61 Å². The number of carbonyl (C=O) groups is 3. The summed E-state index contributed by atoms with van der Waals surface area (Å²) in [5.41, 5.74) is 0.371. The van der Waals surface area contributed by atoms with E-state index in [-0.39, 0.29) is 28.1 Å². The fraction of sp³-hybridized carbons (Fsp3) is 0.182. The fourth-order valence-corrected chi connectivity index (χ4v) is 4.51. The topological polar surface area (TPSA) is 161 Å². The molecule has 0 spiro atoms. The van der Waals surface area contributed by atoms with E-state index < -0.39 is 60.1 Å². The second-order valence-electron chi connectivity index (χ2n) is 9.84. The van der Waals surface area contributed by atoms with Crippen molar-refractivity contribution >= 4 is 23.6 Å². The Morgan fingerprint density at radius 1 is 0.689 bits per heavy atom. The first kappa shape index (κ1) is 30.9. The van der Waals surface area contributed by atoms with Crippen LogP contribution in [0.25, 0.3) is 0 Å². The SMILES string of the molecule is O=C(OC[C@H]1O[C@@H](Oc2ccc([N+](=O)[O-])cc2)[C@H](OC(=O)c2ccccc2)[C@@H](OC(=O)c2ccccc2)[C@H]1O)c1ccccc1. The third-order valence-electron chi connectivity index (χ3n) is 6.81. The van der Waals surface area contributed by atoms with Crippen LogP contribution >= 0.6 is 0 Å². The molecule has 0 bridgehead atoms. The van der Waals surface area contributed by atoms with Crippen LogP contribution in [0.15, 0.2) is 115 Å². The molecule has 5 atom stereocenters. The molecule has 0 saturated carbocycles. The minimum absolute atomic E-state index is 0.0796. The molecule has 0 aliphatic carbocycles. The maximum Gasteiger partial charge on any atom is 0.338 e. The second-order valence-corrected chi connectivity index (χ2v) is 9.84. The Hall–Kier alpha value is -5.59. The smallest absolute Gasteiger partial charge is 0.338 e. The van der Waals surface area contributed by atoms with E-state index in [1.807, 2.05) is 0 Å². The highest BCUT2D eigenvalue weighted by molar-refractivity contribution is 5.90. The van der Waals surface area contributed by atoms with Crippen molar-refractivity contribution in [2.24, 2.45) is 0 Å². The molecule has 230 valence electrons. The molecule has 0 radical (unpaired) electrons. The van der Waals surface area contributed by atoms with Crippen molar-refractivity contribution in [2.45, 2.75) is 30.7 Å². The third kappa shape index (κ3) is 7.68. The van der Waals surface area contributed by atoms with Gasteiger partial charge in [0.2, 0.25) is 12.4 Å². The van der Waals surface area contributed by atoms with Gasteiger partial charge in [-0.05, 0) is 48.5 Å². The zero-order valence-corrected chi connectivity index (χ0v) is 23.5. The van der Waals surface area contributed by atoms with E-state index >= 15 is 0 Å². The standard InChI is InChI=1S/C33H27NO11/c35-27-26(20-41-30(36)21-10-4-1-5-11-21)43-33(42-25-18-16-24(17-19-25)34(39)40)29(45-32(38)23-14-8-3-9-15-23)28(27)44-31(37)22-12-6-2-7-13-22/h1-19,26-29,33,35H,20H2/t26-,27+,28+,29-,33-/m1/s1. The van der Waals surface area contributed by atoms with Gasteiger partial charge in [-0.2, -0.15) is 0 Å². The Kier molecular flexibility index (Phi) is 9.77. The monoisotopic (exact) mass is 613 g/mol. The molecule has 1 aliphatic heterocycles. The lowest BCUT2D eigenvalue weighted by molar-refractivity contribution is -0.384. The number of esters is 3. The number of benzene rings is 4. The van der Waals surface area contributed by atoms with Crippen LogP contribution in [0.3, 0.4) is 0 Å². The lowest BCUT2D eigenvalue weighted by Gasteiger charge is -2.42. The number of nitro benzene ring substituents is 1. The number of carbonyl (C=O) groups excluding carboxylic acids is 3. The van der Waals surface area contributed by atoms with Gasteiger partial charge in [-0.3, -0.25) is 10.1 Å². The average molecular weight is 614 g/mol. The quantitative estimate of drug-likeness (QED) is 0.117. The zero-order valence-electron chi connectivity index (χ0n) is 23.5. The molecule has 0 unspecified atom stereocenters. The molecule has 45 heavy (non-hydrogen) atoms. The summed E-state index contributed by atoms with van der Waals surface area (Å²) in [6, 6.07) is 29.0. The number of aliphatic hydroxyl groups excluding tert-OH is 1. The van der Waals surface area contributed by atoms with Crippen molar-refractivity contribution in [1.82, 2.24) is 0 Å². The van der Waals surface area contributed by atoms with E-state index in [0.717, 1.165) is 0 Å². The Bertz CT molecular complexity index is 1620. The normalized spacial score (nSPS) is 20.8. The summed E-state index contributed by atoms with van der Waals surface area (Å²) in [5, 5.41) is 22.6. The number of rotatable bonds is 10. The minimum atomic E-state index is -1.66. The molecule has 5 rings (SSSR count). The molecule has 1 aliphatic rings. The van der Waals surface area contributed by atoms with Crippen molar-refractivity contribution in [3.05, 3.63) is 142 Å². The van der Waals surface area contributed by atoms with Crippen LogP contribution < -0.4 is 4.74 Å². The zero-order chi connectivity index (χ0) is 31.8. The molecule has 12 nitrogen and oxygen atoms in total. The Morgan fingerprint density at radius 2 is 1.16 bits per heavy atom. The number of nitrogens with zero attached hydrogens (tertiary/aromatic N) is 1. The summed E-state index contributed by atoms with van der Waals surface area (Å²) >= 11 is 0. The highest BCUT2D eigenvalue weighted by Gasteiger charge is 2.51. The molecule has 1 heterocycles. The molecule has 4 aromatic rings. The van der Waals surface area contributed by atoms with E-state index in [9.17, 15) is 29.6 Å². The summed E-state index contributed by atoms with van der Waals surface area (Å²) < 4.78 is 28.8. The first-order valence-electron chi connectivity index (χ1n) is 13.8. The minimum Gasteiger partial charge on any atom is -0.461 e. The molecule has 4 aromatic carbocycles. The molecule has 0 amide bonds. The summed E-state index contributed by atoms with van der Waals surface area (Å²) in [7, 11) is 0. The van der Waals surface area contributed by atoms with Crippen LogP contribution in [0.4, 0.5) is 5.69 Å². The summed E-state index contributed by atoms with van der Waals surface area (Å²) in [4.78, 5) is 49.6. The van der Waals surface area contributed by atoms with Gasteiger partial charge in [-0.25, -0.2) is 14.4 Å². The number of aliphatic hydroxyl groups is 1.